The summed E-state index contributed by atoms with van der Waals surface area (Å²) in [5.74, 6) is 0.324. The molecule has 0 spiro atoms. The van der Waals surface area contributed by atoms with Crippen LogP contribution in [0.3, 0.4) is 0 Å². The molecule has 0 aromatic carbocycles. The third-order valence-corrected chi connectivity index (χ3v) is 1.56. The second kappa shape index (κ2) is 2.86. The van der Waals surface area contributed by atoms with Crippen LogP contribution in [0.5, 0.6) is 0 Å². The van der Waals surface area contributed by atoms with Crippen LogP contribution < -0.4 is 0 Å². The molecule has 1 rings (SSSR count). The van der Waals surface area contributed by atoms with E-state index < -0.39 is 0 Å². The monoisotopic (exact) mass is 140 g/mol. The van der Waals surface area contributed by atoms with Crippen molar-refractivity contribution in [2.75, 3.05) is 6.61 Å². The third kappa shape index (κ3) is 1.38. The summed E-state index contributed by atoms with van der Waals surface area (Å²) in [6, 6.07) is 0. The first kappa shape index (κ1) is 7.32. The minimum absolute atomic E-state index is 0.105. The van der Waals surface area contributed by atoms with Crippen LogP contribution in [0, 0.1) is 5.92 Å². The summed E-state index contributed by atoms with van der Waals surface area (Å²) in [7, 11) is 0. The van der Waals surface area contributed by atoms with Crippen LogP contribution in [0.2, 0.25) is 0 Å². The minimum atomic E-state index is 0.105. The van der Waals surface area contributed by atoms with E-state index in [-0.39, 0.29) is 11.7 Å². The van der Waals surface area contributed by atoms with Gasteiger partial charge < -0.3 is 4.74 Å². The Morgan fingerprint density at radius 2 is 2.40 bits per heavy atom. The lowest BCUT2D eigenvalue weighted by Gasteiger charge is -2.00. The first-order valence-corrected chi connectivity index (χ1v) is 3.56. The van der Waals surface area contributed by atoms with Crippen molar-refractivity contribution >= 4 is 5.78 Å². The van der Waals surface area contributed by atoms with Crippen LogP contribution in [-0.4, -0.2) is 12.4 Å². The van der Waals surface area contributed by atoms with Crippen LogP contribution in [0.4, 0.5) is 0 Å². The van der Waals surface area contributed by atoms with Crippen LogP contribution in [-0.2, 0) is 9.53 Å². The fraction of sp³-hybridized carbons (Fsp3) is 0.625. The third-order valence-electron chi connectivity index (χ3n) is 1.56. The number of ketones is 1. The molecule has 2 heteroatoms. The van der Waals surface area contributed by atoms with E-state index >= 15 is 0 Å². The highest BCUT2D eigenvalue weighted by molar-refractivity contribution is 5.96. The molecule has 0 atom stereocenters. The van der Waals surface area contributed by atoms with Crippen molar-refractivity contribution in [3.8, 4) is 0 Å². The van der Waals surface area contributed by atoms with Gasteiger partial charge >= 0.3 is 0 Å². The van der Waals surface area contributed by atoms with Gasteiger partial charge in [0.15, 0.2) is 5.78 Å². The molecule has 1 aliphatic heterocycles. The Bertz CT molecular complexity index is 168. The normalized spacial score (nSPS) is 16.9. The number of rotatable bonds is 2. The standard InChI is InChI=1S/C8H12O2/c1-6(2)8(9)7-3-4-10-5-7/h5-6H,3-4H2,1-2H3. The largest absolute Gasteiger partial charge is 0.500 e. The second-order valence-electron chi connectivity index (χ2n) is 2.78. The Morgan fingerprint density at radius 3 is 2.80 bits per heavy atom. The molecule has 2 nitrogen and oxygen atoms in total. The van der Waals surface area contributed by atoms with Crippen molar-refractivity contribution in [3.63, 3.8) is 0 Å². The maximum atomic E-state index is 11.2. The van der Waals surface area contributed by atoms with Crippen LogP contribution in [0.25, 0.3) is 0 Å². The Balaban J connectivity index is 2.56. The van der Waals surface area contributed by atoms with Crippen LogP contribution >= 0.6 is 0 Å². The summed E-state index contributed by atoms with van der Waals surface area (Å²) in [5, 5.41) is 0. The average Bonchev–Trinajstić information content (AvgIpc) is 2.36. The summed E-state index contributed by atoms with van der Waals surface area (Å²) < 4.78 is 4.95. The molecule has 0 aromatic rings. The maximum Gasteiger partial charge on any atom is 0.164 e. The fourth-order valence-corrected chi connectivity index (χ4v) is 0.939. The highest BCUT2D eigenvalue weighted by Gasteiger charge is 2.16. The topological polar surface area (TPSA) is 26.3 Å². The van der Waals surface area contributed by atoms with E-state index in [0.29, 0.717) is 6.61 Å². The van der Waals surface area contributed by atoms with Gasteiger partial charge in [-0.25, -0.2) is 0 Å². The molecular formula is C8H12O2. The zero-order valence-corrected chi connectivity index (χ0v) is 6.39. The maximum absolute atomic E-state index is 11.2. The molecule has 56 valence electrons. The lowest BCUT2D eigenvalue weighted by atomic mass is 10.0. The summed E-state index contributed by atoms with van der Waals surface area (Å²) in [6.45, 7) is 4.48. The first-order chi connectivity index (χ1) is 4.72. The smallest absolute Gasteiger partial charge is 0.164 e. The molecule has 0 fully saturated rings. The van der Waals surface area contributed by atoms with Crippen LogP contribution in [0.15, 0.2) is 11.8 Å². The van der Waals surface area contributed by atoms with Crippen molar-refractivity contribution in [2.24, 2.45) is 5.92 Å². The molecule has 0 amide bonds. The van der Waals surface area contributed by atoms with Gasteiger partial charge in [-0.15, -0.1) is 0 Å². The quantitative estimate of drug-likeness (QED) is 0.581. The van der Waals surface area contributed by atoms with Gasteiger partial charge in [0.05, 0.1) is 12.9 Å². The Labute approximate surface area is 60.9 Å². The van der Waals surface area contributed by atoms with E-state index in [1.165, 1.54) is 0 Å². The number of ether oxygens (including phenoxy) is 1. The van der Waals surface area contributed by atoms with Crippen molar-refractivity contribution < 1.29 is 9.53 Å². The minimum Gasteiger partial charge on any atom is -0.500 e. The van der Waals surface area contributed by atoms with Crippen molar-refractivity contribution in [2.45, 2.75) is 20.3 Å². The SMILES string of the molecule is CC(C)C(=O)C1=COCC1. The summed E-state index contributed by atoms with van der Waals surface area (Å²) in [4.78, 5) is 11.2. The van der Waals surface area contributed by atoms with Gasteiger partial charge in [-0.3, -0.25) is 4.79 Å². The van der Waals surface area contributed by atoms with Crippen molar-refractivity contribution in [1.82, 2.24) is 0 Å². The van der Waals surface area contributed by atoms with Gasteiger partial charge in [-0.1, -0.05) is 13.8 Å². The molecule has 0 saturated carbocycles. The molecular weight excluding hydrogens is 128 g/mol. The Kier molecular flexibility index (Phi) is 2.10. The Morgan fingerprint density at radius 1 is 1.70 bits per heavy atom. The van der Waals surface area contributed by atoms with E-state index in [1.807, 2.05) is 13.8 Å². The molecule has 0 bridgehead atoms. The highest BCUT2D eigenvalue weighted by atomic mass is 16.5. The summed E-state index contributed by atoms with van der Waals surface area (Å²) in [6.07, 6.45) is 2.37. The molecule has 10 heavy (non-hydrogen) atoms. The van der Waals surface area contributed by atoms with Gasteiger partial charge in [-0.05, 0) is 0 Å². The number of carbonyl (C=O) groups is 1. The molecule has 0 unspecified atom stereocenters. The zero-order valence-electron chi connectivity index (χ0n) is 6.39. The van der Waals surface area contributed by atoms with E-state index in [9.17, 15) is 4.79 Å². The fourth-order valence-electron chi connectivity index (χ4n) is 0.939. The predicted molar refractivity (Wildman–Crippen MR) is 38.5 cm³/mol. The van der Waals surface area contributed by atoms with Gasteiger partial charge in [0.25, 0.3) is 0 Å². The molecule has 0 N–H and O–H groups in total. The molecule has 0 radical (unpaired) electrons. The second-order valence-corrected chi connectivity index (χ2v) is 2.78. The van der Waals surface area contributed by atoms with Gasteiger partial charge in [-0.2, -0.15) is 0 Å². The van der Waals surface area contributed by atoms with Crippen molar-refractivity contribution in [1.29, 1.82) is 0 Å². The molecule has 0 aliphatic carbocycles. The first-order valence-electron chi connectivity index (χ1n) is 3.56. The predicted octanol–water partition coefficient (Wildman–Crippen LogP) is 1.52. The highest BCUT2D eigenvalue weighted by Crippen LogP contribution is 2.15. The van der Waals surface area contributed by atoms with E-state index in [1.54, 1.807) is 6.26 Å². The summed E-state index contributed by atoms with van der Waals surface area (Å²) in [5.41, 5.74) is 0.843. The summed E-state index contributed by atoms with van der Waals surface area (Å²) >= 11 is 0. The van der Waals surface area contributed by atoms with Crippen LogP contribution in [0.1, 0.15) is 20.3 Å². The zero-order chi connectivity index (χ0) is 7.56. The van der Waals surface area contributed by atoms with Gasteiger partial charge in [0.2, 0.25) is 0 Å². The number of hydrogen-bond acceptors (Lipinski definition) is 2. The number of hydrogen-bond donors (Lipinski definition) is 0. The van der Waals surface area contributed by atoms with E-state index in [0.717, 1.165) is 12.0 Å². The lowest BCUT2D eigenvalue weighted by Crippen LogP contribution is -2.08. The molecule has 0 saturated heterocycles. The Hall–Kier alpha value is -0.790. The van der Waals surface area contributed by atoms with Crippen molar-refractivity contribution in [3.05, 3.63) is 11.8 Å². The van der Waals surface area contributed by atoms with E-state index in [2.05, 4.69) is 0 Å². The van der Waals surface area contributed by atoms with Gasteiger partial charge in [0.1, 0.15) is 0 Å². The molecule has 0 aromatic heterocycles. The van der Waals surface area contributed by atoms with E-state index in [4.69, 9.17) is 4.74 Å². The molecule has 1 aliphatic rings. The number of carbonyl (C=O) groups excluding carboxylic acids is 1. The van der Waals surface area contributed by atoms with Gasteiger partial charge in [0, 0.05) is 17.9 Å². The lowest BCUT2D eigenvalue weighted by molar-refractivity contribution is -0.118. The average molecular weight is 140 g/mol. The molecule has 1 heterocycles. The number of Topliss-reactive ketones (excluding diaryl/α,β-unsaturated/α-hetero) is 1.